The van der Waals surface area contributed by atoms with Crippen LogP contribution in [-0.2, 0) is 0 Å². The molecule has 0 saturated heterocycles. The van der Waals surface area contributed by atoms with Gasteiger partial charge in [0, 0.05) is 12.6 Å². The first-order chi connectivity index (χ1) is 12.8. The summed E-state index contributed by atoms with van der Waals surface area (Å²) in [5, 5.41) is 12.1. The van der Waals surface area contributed by atoms with Gasteiger partial charge in [-0.15, -0.1) is 0 Å². The fourth-order valence-corrected chi connectivity index (χ4v) is 2.86. The van der Waals surface area contributed by atoms with E-state index in [1.807, 2.05) is 26.0 Å². The number of hydrogen-bond donors (Lipinski definition) is 4. The van der Waals surface area contributed by atoms with Gasteiger partial charge in [-0.05, 0) is 49.2 Å². The zero-order valence-electron chi connectivity index (χ0n) is 15.3. The van der Waals surface area contributed by atoms with Gasteiger partial charge in [0.2, 0.25) is 0 Å². The number of aromatic carboxylic acids is 1. The average Bonchev–Trinajstić information content (AvgIpc) is 2.64. The lowest BCUT2D eigenvalue weighted by Crippen LogP contribution is -2.22. The Labute approximate surface area is 155 Å². The van der Waals surface area contributed by atoms with Crippen LogP contribution in [0.3, 0.4) is 0 Å². The van der Waals surface area contributed by atoms with Crippen molar-refractivity contribution in [3.05, 3.63) is 74.7 Å². The van der Waals surface area contributed by atoms with Gasteiger partial charge < -0.3 is 21.1 Å². The third-order valence-corrected chi connectivity index (χ3v) is 4.48. The summed E-state index contributed by atoms with van der Waals surface area (Å²) >= 11 is 0. The quantitative estimate of drug-likeness (QED) is 0.563. The number of nitrogens with one attached hydrogen (secondary N) is 2. The van der Waals surface area contributed by atoms with Gasteiger partial charge in [-0.1, -0.05) is 12.1 Å². The number of fused-ring (bicyclic) bond motifs is 1. The highest BCUT2D eigenvalue weighted by Gasteiger charge is 2.15. The summed E-state index contributed by atoms with van der Waals surface area (Å²) in [6.45, 7) is 3.94. The van der Waals surface area contributed by atoms with Gasteiger partial charge in [0.15, 0.2) is 5.69 Å². The Balaban J connectivity index is 2.22. The van der Waals surface area contributed by atoms with E-state index >= 15 is 0 Å². The fraction of sp³-hybridized carbons (Fsp3) is 0.150. The Hall–Kier alpha value is -3.61. The summed E-state index contributed by atoms with van der Waals surface area (Å²) in [4.78, 5) is 31.1. The molecule has 1 heterocycles. The van der Waals surface area contributed by atoms with Crippen molar-refractivity contribution in [2.45, 2.75) is 13.8 Å². The lowest BCUT2D eigenvalue weighted by atomic mass is 10.1. The minimum Gasteiger partial charge on any atom is -0.478 e. The molecule has 0 aliphatic carbocycles. The zero-order valence-corrected chi connectivity index (χ0v) is 15.3. The molecule has 3 rings (SSSR count). The van der Waals surface area contributed by atoms with Crippen molar-refractivity contribution < 1.29 is 9.90 Å². The summed E-state index contributed by atoms with van der Waals surface area (Å²) in [7, 11) is 1.63. The molecule has 2 aromatic carbocycles. The first kappa shape index (κ1) is 18.2. The molecule has 0 spiro atoms. The van der Waals surface area contributed by atoms with Gasteiger partial charge in [-0.25, -0.2) is 9.78 Å². The molecule has 0 fully saturated rings. The van der Waals surface area contributed by atoms with Gasteiger partial charge in [0.05, 0.1) is 28.0 Å². The maximum absolute atomic E-state index is 12.6. The van der Waals surface area contributed by atoms with E-state index in [1.165, 1.54) is 12.1 Å². The summed E-state index contributed by atoms with van der Waals surface area (Å²) in [5.74, 6) is -1.05. The van der Waals surface area contributed by atoms with Gasteiger partial charge >= 0.3 is 5.97 Å². The van der Waals surface area contributed by atoms with Crippen LogP contribution < -0.4 is 16.6 Å². The number of nitrogens with two attached hydrogens (primary N) is 1. The van der Waals surface area contributed by atoms with E-state index in [1.54, 1.807) is 19.2 Å². The third-order valence-electron chi connectivity index (χ3n) is 4.48. The molecule has 27 heavy (non-hydrogen) atoms. The molecule has 7 heteroatoms. The van der Waals surface area contributed by atoms with Crippen molar-refractivity contribution in [2.75, 3.05) is 7.05 Å². The Morgan fingerprint density at radius 1 is 1.15 bits per heavy atom. The van der Waals surface area contributed by atoms with Crippen LogP contribution in [0.15, 0.2) is 41.2 Å². The number of rotatable bonds is 4. The molecular formula is C20H20N4O3. The molecule has 0 radical (unpaired) electrons. The first-order valence-electron chi connectivity index (χ1n) is 8.34. The van der Waals surface area contributed by atoms with E-state index in [0.717, 1.165) is 11.1 Å². The molecule has 1 aromatic heterocycles. The van der Waals surface area contributed by atoms with E-state index in [9.17, 15) is 14.7 Å². The molecular weight excluding hydrogens is 344 g/mol. The summed E-state index contributed by atoms with van der Waals surface area (Å²) in [6, 6.07) is 10.00. The highest BCUT2D eigenvalue weighted by molar-refractivity contribution is 5.92. The van der Waals surface area contributed by atoms with Crippen LogP contribution in [0, 0.1) is 13.8 Å². The smallest absolute Gasteiger partial charge is 0.335 e. The van der Waals surface area contributed by atoms with Crippen molar-refractivity contribution in [3.8, 4) is 0 Å². The lowest BCUT2D eigenvalue weighted by molar-refractivity contribution is 0.0697. The fourth-order valence-electron chi connectivity index (χ4n) is 2.86. The van der Waals surface area contributed by atoms with E-state index in [-0.39, 0.29) is 22.5 Å². The van der Waals surface area contributed by atoms with Crippen molar-refractivity contribution in [3.63, 3.8) is 0 Å². The molecule has 138 valence electrons. The molecule has 5 N–H and O–H groups in total. The molecule has 0 bridgehead atoms. The highest BCUT2D eigenvalue weighted by Crippen LogP contribution is 2.21. The van der Waals surface area contributed by atoms with E-state index in [4.69, 9.17) is 5.73 Å². The van der Waals surface area contributed by atoms with Crippen molar-refractivity contribution in [1.29, 1.82) is 0 Å². The number of carbonyl (C=O) groups is 1. The number of aryl methyl sites for hydroxylation is 2. The van der Waals surface area contributed by atoms with Gasteiger partial charge in [-0.2, -0.15) is 0 Å². The Kier molecular flexibility index (Phi) is 4.68. The topological polar surface area (TPSA) is 121 Å². The second-order valence-electron chi connectivity index (χ2n) is 6.29. The zero-order chi connectivity index (χ0) is 19.7. The standard InChI is InChI=1S/C20H20N4O3/c1-10-7-14-15(8-11(10)2)24-19(25)18(23-14)17(22-3)16(21)12-5-4-6-13(9-12)20(26)27/h4-9,22H,21H2,1-3H3,(H,24,25)(H,26,27)/b17-16+. The van der Waals surface area contributed by atoms with E-state index in [2.05, 4.69) is 15.3 Å². The van der Waals surface area contributed by atoms with Gasteiger partial charge in [-0.3, -0.25) is 4.79 Å². The maximum Gasteiger partial charge on any atom is 0.335 e. The number of aromatic amines is 1. The summed E-state index contributed by atoms with van der Waals surface area (Å²) in [6.07, 6.45) is 0. The molecule has 0 saturated carbocycles. The van der Waals surface area contributed by atoms with Crippen LogP contribution in [0.25, 0.3) is 22.4 Å². The van der Waals surface area contributed by atoms with Crippen molar-refractivity contribution in [1.82, 2.24) is 15.3 Å². The van der Waals surface area contributed by atoms with Gasteiger partial charge in [0.25, 0.3) is 5.56 Å². The molecule has 0 amide bonds. The van der Waals surface area contributed by atoms with Crippen molar-refractivity contribution >= 4 is 28.4 Å². The van der Waals surface area contributed by atoms with E-state index < -0.39 is 5.97 Å². The Morgan fingerprint density at radius 2 is 1.81 bits per heavy atom. The summed E-state index contributed by atoms with van der Waals surface area (Å²) < 4.78 is 0. The average molecular weight is 364 g/mol. The summed E-state index contributed by atoms with van der Waals surface area (Å²) in [5.41, 5.74) is 10.6. The van der Waals surface area contributed by atoms with Crippen LogP contribution in [0.1, 0.15) is 32.7 Å². The Morgan fingerprint density at radius 3 is 2.48 bits per heavy atom. The largest absolute Gasteiger partial charge is 0.478 e. The number of carboxylic acids is 1. The number of aromatic nitrogens is 2. The molecule has 7 nitrogen and oxygen atoms in total. The molecule has 0 aliphatic heterocycles. The monoisotopic (exact) mass is 364 g/mol. The minimum absolute atomic E-state index is 0.109. The third kappa shape index (κ3) is 3.39. The molecule has 0 unspecified atom stereocenters. The van der Waals surface area contributed by atoms with Gasteiger partial charge in [0.1, 0.15) is 0 Å². The molecule has 0 aliphatic rings. The minimum atomic E-state index is -1.05. The number of hydrogen-bond acceptors (Lipinski definition) is 5. The maximum atomic E-state index is 12.6. The van der Waals surface area contributed by atoms with Crippen LogP contribution in [0.2, 0.25) is 0 Å². The highest BCUT2D eigenvalue weighted by atomic mass is 16.4. The van der Waals surface area contributed by atoms with E-state index in [0.29, 0.717) is 22.3 Å². The predicted octanol–water partition coefficient (Wildman–Crippen LogP) is 2.24. The molecule has 0 atom stereocenters. The van der Waals surface area contributed by atoms with Crippen molar-refractivity contribution in [2.24, 2.45) is 5.73 Å². The second kappa shape index (κ2) is 6.95. The predicted molar refractivity (Wildman–Crippen MR) is 105 cm³/mol. The van der Waals surface area contributed by atoms with Crippen LogP contribution in [0.5, 0.6) is 0 Å². The number of carboxylic acid groups (broad SMARTS) is 1. The Bertz CT molecular complexity index is 1150. The van der Waals surface area contributed by atoms with Crippen LogP contribution >= 0.6 is 0 Å². The second-order valence-corrected chi connectivity index (χ2v) is 6.29. The lowest BCUT2D eigenvalue weighted by Gasteiger charge is -2.12. The number of nitrogens with zero attached hydrogens (tertiary/aromatic N) is 1. The molecule has 3 aromatic rings. The normalized spacial score (nSPS) is 12.0. The van der Waals surface area contributed by atoms with Crippen LogP contribution in [0.4, 0.5) is 0 Å². The number of benzene rings is 2. The van der Waals surface area contributed by atoms with Crippen LogP contribution in [-0.4, -0.2) is 28.1 Å². The SMILES string of the molecule is CN/C(=C(/N)c1cccc(C(=O)O)c1)c1nc2cc(C)c(C)cc2[nH]c1=O. The number of H-pyrrole nitrogens is 1. The first-order valence-corrected chi connectivity index (χ1v) is 8.34.